The molecule has 2 heterocycles. The standard InChI is InChI=1S/C17H24FN3O2.2ClH/c18-15-5-1-2-6-16(15)20-7-9-21(10-8-20)17(22)13-19-12-14-4-3-11-23-14;;/h1-2,5-6,14,19H,3-4,7-13H2;2*1H. The maximum Gasteiger partial charge on any atom is 0.236 e. The first-order chi connectivity index (χ1) is 11.2. The number of carbonyl (C=O) groups is 1. The summed E-state index contributed by atoms with van der Waals surface area (Å²) in [6.07, 6.45) is 2.43. The molecule has 1 amide bonds. The Morgan fingerprint density at radius 2 is 1.92 bits per heavy atom. The number of hydrogen-bond acceptors (Lipinski definition) is 4. The van der Waals surface area contributed by atoms with E-state index in [2.05, 4.69) is 5.32 Å². The number of nitrogens with one attached hydrogen (secondary N) is 1. The van der Waals surface area contributed by atoms with E-state index in [0.717, 1.165) is 26.0 Å². The molecule has 2 aliphatic heterocycles. The Hall–Kier alpha value is -1.08. The first-order valence-electron chi connectivity index (χ1n) is 8.33. The average Bonchev–Trinajstić information content (AvgIpc) is 3.09. The van der Waals surface area contributed by atoms with Crippen LogP contribution in [0.3, 0.4) is 0 Å². The molecule has 1 N–H and O–H groups in total. The molecule has 8 heteroatoms. The minimum atomic E-state index is -0.203. The van der Waals surface area contributed by atoms with E-state index in [0.29, 0.717) is 38.4 Å². The maximum atomic E-state index is 13.8. The summed E-state index contributed by atoms with van der Waals surface area (Å²) in [4.78, 5) is 16.1. The Labute approximate surface area is 160 Å². The molecule has 1 aromatic carbocycles. The van der Waals surface area contributed by atoms with Crippen LogP contribution in [0, 0.1) is 5.82 Å². The van der Waals surface area contributed by atoms with Gasteiger partial charge >= 0.3 is 0 Å². The highest BCUT2D eigenvalue weighted by molar-refractivity contribution is 5.85. The zero-order chi connectivity index (χ0) is 16.1. The molecule has 1 unspecified atom stereocenters. The summed E-state index contributed by atoms with van der Waals surface area (Å²) in [5.41, 5.74) is 0.621. The topological polar surface area (TPSA) is 44.8 Å². The number of halogens is 3. The summed E-state index contributed by atoms with van der Waals surface area (Å²) in [6, 6.07) is 6.79. The highest BCUT2D eigenvalue weighted by Crippen LogP contribution is 2.20. The van der Waals surface area contributed by atoms with Crippen LogP contribution in [-0.2, 0) is 9.53 Å². The van der Waals surface area contributed by atoms with Crippen molar-refractivity contribution in [2.75, 3.05) is 50.8 Å². The Balaban J connectivity index is 0.00000156. The fraction of sp³-hybridized carbons (Fsp3) is 0.588. The van der Waals surface area contributed by atoms with Crippen molar-refractivity contribution in [1.82, 2.24) is 10.2 Å². The zero-order valence-electron chi connectivity index (χ0n) is 14.2. The van der Waals surface area contributed by atoms with Crippen molar-refractivity contribution in [2.24, 2.45) is 0 Å². The van der Waals surface area contributed by atoms with E-state index in [-0.39, 0.29) is 42.6 Å². The molecular weight excluding hydrogens is 368 g/mol. The van der Waals surface area contributed by atoms with E-state index in [1.807, 2.05) is 15.9 Å². The third kappa shape index (κ3) is 5.99. The quantitative estimate of drug-likeness (QED) is 0.831. The van der Waals surface area contributed by atoms with Gasteiger partial charge in [-0.1, -0.05) is 12.1 Å². The van der Waals surface area contributed by atoms with Gasteiger partial charge in [-0.05, 0) is 25.0 Å². The summed E-state index contributed by atoms with van der Waals surface area (Å²) in [5.74, 6) is -0.0957. The molecule has 1 atom stereocenters. The van der Waals surface area contributed by atoms with Crippen molar-refractivity contribution >= 4 is 36.4 Å². The first kappa shape index (κ1) is 22.0. The molecule has 0 aliphatic carbocycles. The fourth-order valence-corrected chi connectivity index (χ4v) is 3.16. The summed E-state index contributed by atoms with van der Waals surface area (Å²) >= 11 is 0. The molecule has 0 saturated carbocycles. The molecule has 1 aromatic rings. The third-order valence-electron chi connectivity index (χ3n) is 4.50. The molecule has 2 fully saturated rings. The highest BCUT2D eigenvalue weighted by Gasteiger charge is 2.23. The monoisotopic (exact) mass is 393 g/mol. The second kappa shape index (κ2) is 10.8. The van der Waals surface area contributed by atoms with Crippen molar-refractivity contribution in [3.8, 4) is 0 Å². The largest absolute Gasteiger partial charge is 0.377 e. The summed E-state index contributed by atoms with van der Waals surface area (Å²) in [6.45, 7) is 4.51. The van der Waals surface area contributed by atoms with Crippen LogP contribution in [0.1, 0.15) is 12.8 Å². The van der Waals surface area contributed by atoms with Gasteiger partial charge in [0.15, 0.2) is 0 Å². The van der Waals surface area contributed by atoms with Crippen molar-refractivity contribution in [3.05, 3.63) is 30.1 Å². The molecule has 3 rings (SSSR count). The van der Waals surface area contributed by atoms with Gasteiger partial charge in [0, 0.05) is 39.3 Å². The predicted octanol–water partition coefficient (Wildman–Crippen LogP) is 2.09. The second-order valence-electron chi connectivity index (χ2n) is 6.09. The number of anilines is 1. The van der Waals surface area contributed by atoms with Gasteiger partial charge in [0.25, 0.3) is 0 Å². The lowest BCUT2D eigenvalue weighted by atomic mass is 10.2. The van der Waals surface area contributed by atoms with E-state index in [1.165, 1.54) is 6.07 Å². The van der Waals surface area contributed by atoms with Crippen LogP contribution in [0.2, 0.25) is 0 Å². The lowest BCUT2D eigenvalue weighted by Crippen LogP contribution is -2.51. The lowest BCUT2D eigenvalue weighted by molar-refractivity contribution is -0.130. The molecule has 0 radical (unpaired) electrons. The molecular formula is C17H26Cl2FN3O2. The van der Waals surface area contributed by atoms with Crippen LogP contribution in [-0.4, -0.2) is 62.8 Å². The summed E-state index contributed by atoms with van der Waals surface area (Å²) in [5, 5.41) is 3.19. The van der Waals surface area contributed by atoms with Crippen molar-refractivity contribution in [3.63, 3.8) is 0 Å². The van der Waals surface area contributed by atoms with Crippen LogP contribution >= 0.6 is 24.8 Å². The number of amides is 1. The Morgan fingerprint density at radius 3 is 2.56 bits per heavy atom. The molecule has 0 spiro atoms. The smallest absolute Gasteiger partial charge is 0.236 e. The Bertz CT molecular complexity index is 536. The summed E-state index contributed by atoms with van der Waals surface area (Å²) < 4.78 is 19.3. The molecule has 25 heavy (non-hydrogen) atoms. The average molecular weight is 394 g/mol. The second-order valence-corrected chi connectivity index (χ2v) is 6.09. The van der Waals surface area contributed by atoms with Gasteiger partial charge in [0.2, 0.25) is 5.91 Å². The van der Waals surface area contributed by atoms with Gasteiger partial charge < -0.3 is 19.9 Å². The molecule has 0 bridgehead atoms. The summed E-state index contributed by atoms with van der Waals surface area (Å²) in [7, 11) is 0. The van der Waals surface area contributed by atoms with Gasteiger partial charge in [-0.3, -0.25) is 4.79 Å². The van der Waals surface area contributed by atoms with Gasteiger partial charge in [-0.15, -0.1) is 24.8 Å². The van der Waals surface area contributed by atoms with E-state index in [9.17, 15) is 9.18 Å². The van der Waals surface area contributed by atoms with Crippen molar-refractivity contribution in [1.29, 1.82) is 0 Å². The Kier molecular flexibility index (Phi) is 9.50. The minimum absolute atomic E-state index is 0. The van der Waals surface area contributed by atoms with E-state index in [4.69, 9.17) is 4.74 Å². The Morgan fingerprint density at radius 1 is 1.20 bits per heavy atom. The normalized spacial score (nSPS) is 20.0. The number of rotatable bonds is 5. The first-order valence-corrected chi connectivity index (χ1v) is 8.33. The van der Waals surface area contributed by atoms with E-state index >= 15 is 0 Å². The van der Waals surface area contributed by atoms with Crippen molar-refractivity contribution in [2.45, 2.75) is 18.9 Å². The number of ether oxygens (including phenoxy) is 1. The highest BCUT2D eigenvalue weighted by atomic mass is 35.5. The van der Waals surface area contributed by atoms with Crippen LogP contribution in [0.5, 0.6) is 0 Å². The number of nitrogens with zero attached hydrogens (tertiary/aromatic N) is 2. The molecule has 2 aliphatic rings. The van der Waals surface area contributed by atoms with Crippen LogP contribution in [0.25, 0.3) is 0 Å². The predicted molar refractivity (Wildman–Crippen MR) is 102 cm³/mol. The zero-order valence-corrected chi connectivity index (χ0v) is 15.8. The van der Waals surface area contributed by atoms with Gasteiger partial charge in [-0.25, -0.2) is 4.39 Å². The molecule has 0 aromatic heterocycles. The van der Waals surface area contributed by atoms with Gasteiger partial charge in [-0.2, -0.15) is 0 Å². The lowest BCUT2D eigenvalue weighted by Gasteiger charge is -2.36. The van der Waals surface area contributed by atoms with Gasteiger partial charge in [0.1, 0.15) is 5.82 Å². The number of carbonyl (C=O) groups excluding carboxylic acids is 1. The van der Waals surface area contributed by atoms with Crippen LogP contribution < -0.4 is 10.2 Å². The van der Waals surface area contributed by atoms with Crippen LogP contribution in [0.4, 0.5) is 10.1 Å². The van der Waals surface area contributed by atoms with E-state index < -0.39 is 0 Å². The number of para-hydroxylation sites is 1. The van der Waals surface area contributed by atoms with Gasteiger partial charge in [0.05, 0.1) is 18.3 Å². The van der Waals surface area contributed by atoms with Crippen molar-refractivity contribution < 1.29 is 13.9 Å². The number of benzene rings is 1. The van der Waals surface area contributed by atoms with E-state index in [1.54, 1.807) is 12.1 Å². The molecule has 5 nitrogen and oxygen atoms in total. The molecule has 2 saturated heterocycles. The third-order valence-corrected chi connectivity index (χ3v) is 4.50. The number of piperazine rings is 1. The SMILES string of the molecule is Cl.Cl.O=C(CNCC1CCCO1)N1CCN(c2ccccc2F)CC1. The van der Waals surface area contributed by atoms with Crippen LogP contribution in [0.15, 0.2) is 24.3 Å². The fourth-order valence-electron chi connectivity index (χ4n) is 3.16. The maximum absolute atomic E-state index is 13.8. The molecule has 142 valence electrons. The minimum Gasteiger partial charge on any atom is -0.377 e. The number of hydrogen-bond donors (Lipinski definition) is 1.